The number of carbonyl (C=O) groups excluding carboxylic acids is 3. The predicted molar refractivity (Wildman–Crippen MR) is 287 cm³/mol. The van der Waals surface area contributed by atoms with Crippen molar-refractivity contribution >= 4 is 50.9 Å². The summed E-state index contributed by atoms with van der Waals surface area (Å²) in [5.41, 5.74) is 0.798. The summed E-state index contributed by atoms with van der Waals surface area (Å²) in [5, 5.41) is 25.6. The zero-order chi connectivity index (χ0) is 53.4. The second kappa shape index (κ2) is 20.3. The van der Waals surface area contributed by atoms with Crippen LogP contribution in [0.5, 0.6) is 11.8 Å². The molecule has 15 nitrogen and oxygen atoms in total. The number of ether oxygens (including phenoxy) is 1. The van der Waals surface area contributed by atoms with Crippen LogP contribution in [0.1, 0.15) is 112 Å². The van der Waals surface area contributed by atoms with Gasteiger partial charge in [0, 0.05) is 93.7 Å². The first kappa shape index (κ1) is 51.6. The minimum atomic E-state index is -1.25. The van der Waals surface area contributed by atoms with Crippen molar-refractivity contribution in [2.24, 2.45) is 17.3 Å². The van der Waals surface area contributed by atoms with E-state index in [1.807, 2.05) is 24.0 Å². The highest BCUT2D eigenvalue weighted by molar-refractivity contribution is 6.06. The van der Waals surface area contributed by atoms with Gasteiger partial charge in [-0.3, -0.25) is 24.7 Å². The highest BCUT2D eigenvalue weighted by Gasteiger charge is 2.47. The van der Waals surface area contributed by atoms with E-state index in [-0.39, 0.29) is 58.7 Å². The lowest BCUT2D eigenvalue weighted by Crippen LogP contribution is -2.52. The number of phenolic OH excluding ortho intramolecular Hbond substituents is 1. The second-order valence-corrected chi connectivity index (χ2v) is 23.9. The van der Waals surface area contributed by atoms with Crippen molar-refractivity contribution < 1.29 is 42.5 Å². The third kappa shape index (κ3) is 10.3. The van der Waals surface area contributed by atoms with Gasteiger partial charge in [-0.05, 0) is 167 Å². The average molecular weight is 1060 g/mol. The van der Waals surface area contributed by atoms with Crippen LogP contribution in [0.15, 0.2) is 48.7 Å². The topological polar surface area (TPSA) is 168 Å². The third-order valence-electron chi connectivity index (χ3n) is 18.4. The lowest BCUT2D eigenvalue weighted by atomic mass is 9.78. The van der Waals surface area contributed by atoms with E-state index in [4.69, 9.17) is 9.72 Å². The molecule has 0 bridgehead atoms. The monoisotopic (exact) mass is 1060 g/mol. The summed E-state index contributed by atoms with van der Waals surface area (Å²) in [7, 11) is 0. The van der Waals surface area contributed by atoms with Gasteiger partial charge < -0.3 is 39.4 Å². The number of aromatic hydroxyl groups is 1. The number of pyridine rings is 1. The molecule has 3 N–H and O–H groups in total. The van der Waals surface area contributed by atoms with Crippen molar-refractivity contribution in [2.75, 3.05) is 81.9 Å². The lowest BCUT2D eigenvalue weighted by Gasteiger charge is -2.44. The van der Waals surface area contributed by atoms with Gasteiger partial charge in [0.15, 0.2) is 5.82 Å². The largest absolute Gasteiger partial charge is 0.508 e. The van der Waals surface area contributed by atoms with Gasteiger partial charge in [0.25, 0.3) is 5.91 Å². The molecule has 3 amide bonds. The third-order valence-corrected chi connectivity index (χ3v) is 18.4. The van der Waals surface area contributed by atoms with Crippen molar-refractivity contribution in [3.8, 4) is 23.0 Å². The second-order valence-electron chi connectivity index (χ2n) is 23.9. The Hall–Kier alpha value is -6.11. The molecule has 12 rings (SSSR count). The summed E-state index contributed by atoms with van der Waals surface area (Å²) >= 11 is 0. The first-order valence-electron chi connectivity index (χ1n) is 28.1. The van der Waals surface area contributed by atoms with E-state index in [0.717, 1.165) is 82.5 Å². The highest BCUT2D eigenvalue weighted by atomic mass is 19.1. The fourth-order valence-corrected chi connectivity index (χ4v) is 13.8. The number of amides is 3. The summed E-state index contributed by atoms with van der Waals surface area (Å²) in [6.45, 7) is 11.4. The molecule has 408 valence electrons. The molecule has 77 heavy (non-hydrogen) atoms. The number of aromatic nitrogens is 3. The minimum Gasteiger partial charge on any atom is -0.508 e. The fraction of sp³-hybridized carbons (Fsp3) is 0.559. The molecule has 6 fully saturated rings. The van der Waals surface area contributed by atoms with Crippen molar-refractivity contribution in [3.63, 3.8) is 0 Å². The van der Waals surface area contributed by atoms with Crippen molar-refractivity contribution in [1.82, 2.24) is 35.0 Å². The van der Waals surface area contributed by atoms with Crippen molar-refractivity contribution in [1.29, 1.82) is 0 Å². The van der Waals surface area contributed by atoms with Crippen LogP contribution in [0, 0.1) is 28.9 Å². The van der Waals surface area contributed by atoms with E-state index in [2.05, 4.69) is 36.1 Å². The number of rotatable bonds is 13. The van der Waals surface area contributed by atoms with Gasteiger partial charge in [0.1, 0.15) is 40.3 Å². The van der Waals surface area contributed by atoms with Crippen LogP contribution in [0.4, 0.5) is 24.7 Å². The first-order valence-corrected chi connectivity index (χ1v) is 28.1. The van der Waals surface area contributed by atoms with E-state index in [1.54, 1.807) is 17.9 Å². The molecule has 1 aliphatic carbocycles. The molecule has 6 aliphatic heterocycles. The standard InChI is InChI=1S/C59H70F3N9O6/c1-3-42-46(60)8-5-38-28-41(72)29-44(49(38)42)51-50(61)52-45(30-63-51)53(70-20-4-15-57(2,76)32-70)66-56(65-52)77-35-58(16-17-58)33-68-25-18-59(62,19-26-68)34-67-21-11-36(12-22-67)37-13-23-69(24-14-37)40-6-7-43-39(27-40)31-71(55(43)75)47-9-10-48(73)64-54(47)74/h5-8,27-30,36-37,47,72,76H,3-4,9-26,31-35H2,1-2H3,(H,64,73,74)/t47?,57-/m1/s1. The predicted octanol–water partition coefficient (Wildman–Crippen LogP) is 8.10. The number of halogens is 3. The molecule has 2 atom stereocenters. The van der Waals surface area contributed by atoms with Gasteiger partial charge in [-0.25, -0.2) is 13.2 Å². The number of anilines is 2. The van der Waals surface area contributed by atoms with Gasteiger partial charge in [0.2, 0.25) is 11.8 Å². The number of nitrogens with one attached hydrogen (secondary N) is 1. The Morgan fingerprint density at radius 1 is 0.818 bits per heavy atom. The summed E-state index contributed by atoms with van der Waals surface area (Å²) < 4.78 is 55.5. The molecule has 3 aromatic carbocycles. The SMILES string of the molecule is CCc1c(F)ccc2cc(O)cc(-c3ncc4c(N5CCC[C@@](C)(O)C5)nc(OCC5(CN6CCC(F)(CN7CCC(C8CCN(c9ccc%10c(c9)CN(C9CCC(=O)NC9=O)C%10=O)CC8)CC7)CC6)CC5)nc4c3F)c12. The number of hydrogen-bond acceptors (Lipinski definition) is 13. The van der Waals surface area contributed by atoms with Crippen LogP contribution >= 0.6 is 0 Å². The van der Waals surface area contributed by atoms with E-state index < -0.39 is 34.9 Å². The lowest BCUT2D eigenvalue weighted by molar-refractivity contribution is -0.136. The molecule has 8 heterocycles. The van der Waals surface area contributed by atoms with Gasteiger partial charge in [-0.15, -0.1) is 0 Å². The number of alkyl halides is 1. The quantitative estimate of drug-likeness (QED) is 0.0970. The molecule has 5 aromatic rings. The van der Waals surface area contributed by atoms with E-state index >= 15 is 13.2 Å². The number of benzene rings is 3. The fourth-order valence-electron chi connectivity index (χ4n) is 13.8. The number of piperidine rings is 5. The summed E-state index contributed by atoms with van der Waals surface area (Å²) in [5.74, 6) is -0.464. The van der Waals surface area contributed by atoms with E-state index in [9.17, 15) is 24.6 Å². The number of aliphatic hydroxyl groups is 1. The molecule has 1 unspecified atom stereocenters. The van der Waals surface area contributed by atoms with Crippen LogP contribution < -0.4 is 19.9 Å². The van der Waals surface area contributed by atoms with Gasteiger partial charge >= 0.3 is 6.01 Å². The Labute approximate surface area is 447 Å². The van der Waals surface area contributed by atoms with Crippen LogP contribution in [-0.2, 0) is 22.6 Å². The number of β-amino-alcohol motifs (C(OH)–C–C–N with tert-alkyl or cyclic N) is 1. The Bertz CT molecular complexity index is 3130. The van der Waals surface area contributed by atoms with E-state index in [1.165, 1.54) is 24.4 Å². The Morgan fingerprint density at radius 3 is 2.27 bits per heavy atom. The van der Waals surface area contributed by atoms with Crippen molar-refractivity contribution in [3.05, 3.63) is 77.0 Å². The number of aryl methyl sites for hydroxylation is 1. The number of carbonyl (C=O) groups is 3. The smallest absolute Gasteiger partial charge is 0.319 e. The maximum Gasteiger partial charge on any atom is 0.319 e. The summed E-state index contributed by atoms with van der Waals surface area (Å²) in [4.78, 5) is 62.2. The van der Waals surface area contributed by atoms with Crippen LogP contribution in [0.3, 0.4) is 0 Å². The number of nitrogens with zero attached hydrogens (tertiary/aromatic N) is 8. The molecule has 0 spiro atoms. The number of imide groups is 1. The summed E-state index contributed by atoms with van der Waals surface area (Å²) in [6.07, 6.45) is 10.9. The van der Waals surface area contributed by atoms with Gasteiger partial charge in [-0.2, -0.15) is 9.97 Å². The molecule has 2 aromatic heterocycles. The van der Waals surface area contributed by atoms with Crippen LogP contribution in [-0.4, -0.2) is 147 Å². The maximum absolute atomic E-state index is 17.2. The number of likely N-dealkylation sites (tertiary alicyclic amines) is 2. The van der Waals surface area contributed by atoms with Gasteiger partial charge in [-0.1, -0.05) is 13.0 Å². The molecule has 1 saturated carbocycles. The normalized spacial score (nSPS) is 24.5. The average Bonchev–Trinajstić information content (AvgIpc) is 4.16. The highest BCUT2D eigenvalue weighted by Crippen LogP contribution is 2.48. The zero-order valence-corrected chi connectivity index (χ0v) is 44.3. The molecular formula is C59H70F3N9O6. The molecule has 7 aliphatic rings. The summed E-state index contributed by atoms with van der Waals surface area (Å²) in [6, 6.07) is 11.3. The molecule has 18 heteroatoms. The number of fused-ring (bicyclic) bond motifs is 3. The molecule has 0 radical (unpaired) electrons. The van der Waals surface area contributed by atoms with Crippen LogP contribution in [0.25, 0.3) is 32.9 Å². The van der Waals surface area contributed by atoms with E-state index in [0.29, 0.717) is 123 Å². The van der Waals surface area contributed by atoms with Crippen molar-refractivity contribution in [2.45, 2.75) is 121 Å². The Morgan fingerprint density at radius 2 is 1.56 bits per heavy atom. The zero-order valence-electron chi connectivity index (χ0n) is 44.3. The minimum absolute atomic E-state index is 0.00849. The molecule has 5 saturated heterocycles. The maximum atomic E-state index is 17.2. The Kier molecular flexibility index (Phi) is 13.6. The van der Waals surface area contributed by atoms with Crippen LogP contribution in [0.2, 0.25) is 0 Å². The Balaban J connectivity index is 0.645. The molecular weight excluding hydrogens is 988 g/mol. The first-order chi connectivity index (χ1) is 37.0. The number of hydrogen-bond donors (Lipinski definition) is 3. The number of phenols is 1. The van der Waals surface area contributed by atoms with Gasteiger partial charge in [0.05, 0.1) is 17.6 Å².